The summed E-state index contributed by atoms with van der Waals surface area (Å²) in [5.74, 6) is -0.730. The van der Waals surface area contributed by atoms with Crippen molar-refractivity contribution in [1.82, 2.24) is 5.32 Å². The summed E-state index contributed by atoms with van der Waals surface area (Å²) < 4.78 is 0. The minimum Gasteiger partial charge on any atom is -0.481 e. The fourth-order valence-electron chi connectivity index (χ4n) is 2.24. The summed E-state index contributed by atoms with van der Waals surface area (Å²) in [7, 11) is 0. The summed E-state index contributed by atoms with van der Waals surface area (Å²) in [5.41, 5.74) is -0.804. The molecule has 2 aliphatic heterocycles. The van der Waals surface area contributed by atoms with Gasteiger partial charge < -0.3 is 15.5 Å². The molecule has 11 heavy (non-hydrogen) atoms. The van der Waals surface area contributed by atoms with Gasteiger partial charge in [-0.05, 0) is 12.8 Å². The second-order valence-corrected chi connectivity index (χ2v) is 3.73. The fraction of sp³-hybridized carbons (Fsp3) is 0.857. The highest BCUT2D eigenvalue weighted by Crippen LogP contribution is 2.53. The van der Waals surface area contributed by atoms with Crippen molar-refractivity contribution >= 4 is 5.97 Å². The van der Waals surface area contributed by atoms with Crippen LogP contribution in [-0.4, -0.2) is 34.9 Å². The summed E-state index contributed by atoms with van der Waals surface area (Å²) in [6.07, 6.45) is 1.18. The molecule has 62 valence electrons. The topological polar surface area (TPSA) is 69.6 Å². The van der Waals surface area contributed by atoms with Crippen molar-refractivity contribution in [3.05, 3.63) is 0 Å². The molecule has 0 aromatic carbocycles. The van der Waals surface area contributed by atoms with Crippen LogP contribution in [0.1, 0.15) is 12.8 Å². The number of carboxylic acid groups (broad SMARTS) is 1. The third kappa shape index (κ3) is 0.684. The number of hydrogen-bond donors (Lipinski definition) is 3. The minimum absolute atomic E-state index is 0.0576. The van der Waals surface area contributed by atoms with Crippen molar-refractivity contribution in [2.24, 2.45) is 5.41 Å². The summed E-state index contributed by atoms with van der Waals surface area (Å²) >= 11 is 0. The molecule has 4 nitrogen and oxygen atoms in total. The van der Waals surface area contributed by atoms with E-state index in [1.165, 1.54) is 0 Å². The zero-order chi connectivity index (χ0) is 8.11. The number of fused-ring (bicyclic) bond motifs is 1. The zero-order valence-corrected chi connectivity index (χ0v) is 6.13. The Labute approximate surface area is 64.2 Å². The summed E-state index contributed by atoms with van der Waals surface area (Å²) in [4.78, 5) is 10.7. The van der Waals surface area contributed by atoms with Gasteiger partial charge in [-0.1, -0.05) is 0 Å². The molecule has 1 saturated carbocycles. The Morgan fingerprint density at radius 3 is 2.45 bits per heavy atom. The molecule has 3 aliphatic rings. The number of aliphatic hydroxyl groups excluding tert-OH is 1. The number of carbonyl (C=O) groups is 1. The van der Waals surface area contributed by atoms with Crippen molar-refractivity contribution in [1.29, 1.82) is 0 Å². The molecule has 2 saturated heterocycles. The highest BCUT2D eigenvalue weighted by molar-refractivity contribution is 5.78. The maximum absolute atomic E-state index is 10.7. The van der Waals surface area contributed by atoms with Crippen molar-refractivity contribution in [3.8, 4) is 0 Å². The van der Waals surface area contributed by atoms with Crippen LogP contribution in [0.3, 0.4) is 0 Å². The molecular formula is C7H11NO3. The Balaban J connectivity index is 2.14. The number of carboxylic acids is 1. The molecule has 0 aromatic rings. The minimum atomic E-state index is -0.730. The Hall–Kier alpha value is -0.610. The fourth-order valence-corrected chi connectivity index (χ4v) is 2.24. The van der Waals surface area contributed by atoms with Crippen molar-refractivity contribution < 1.29 is 15.0 Å². The number of aliphatic hydroxyl groups is 1. The molecule has 3 rings (SSSR count). The van der Waals surface area contributed by atoms with E-state index >= 15 is 0 Å². The molecule has 4 heteroatoms. The lowest BCUT2D eigenvalue weighted by Gasteiger charge is -2.42. The van der Waals surface area contributed by atoms with Crippen molar-refractivity contribution in [2.45, 2.75) is 18.4 Å². The molecule has 2 heterocycles. The molecule has 0 unspecified atom stereocenters. The maximum atomic E-state index is 10.7. The van der Waals surface area contributed by atoms with E-state index in [-0.39, 0.29) is 12.1 Å². The maximum Gasteiger partial charge on any atom is 0.311 e. The van der Waals surface area contributed by atoms with Gasteiger partial charge in [-0.15, -0.1) is 0 Å². The molecule has 1 aliphatic carbocycles. The highest BCUT2D eigenvalue weighted by atomic mass is 16.4. The highest BCUT2D eigenvalue weighted by Gasteiger charge is 2.64. The number of aliphatic carboxylic acids is 1. The Morgan fingerprint density at radius 1 is 1.55 bits per heavy atom. The first-order valence-corrected chi connectivity index (χ1v) is 3.72. The Morgan fingerprint density at radius 2 is 2.18 bits per heavy atom. The lowest BCUT2D eigenvalue weighted by Crippen LogP contribution is -2.53. The molecule has 0 atom stereocenters. The molecule has 0 amide bonds. The Kier molecular flexibility index (Phi) is 1.13. The summed E-state index contributed by atoms with van der Waals surface area (Å²) in [6, 6.07) is 0. The first kappa shape index (κ1) is 7.06. The van der Waals surface area contributed by atoms with E-state index in [0.717, 1.165) is 0 Å². The predicted octanol–water partition coefficient (Wildman–Crippen LogP) is -0.815. The van der Waals surface area contributed by atoms with Crippen LogP contribution in [0.2, 0.25) is 0 Å². The van der Waals surface area contributed by atoms with E-state index in [1.54, 1.807) is 0 Å². The van der Waals surface area contributed by atoms with Crippen LogP contribution < -0.4 is 5.32 Å². The molecule has 3 N–H and O–H groups in total. The average Bonchev–Trinajstić information content (AvgIpc) is 2.39. The predicted molar refractivity (Wildman–Crippen MR) is 37.1 cm³/mol. The van der Waals surface area contributed by atoms with Gasteiger partial charge in [0, 0.05) is 12.1 Å². The molecule has 2 bridgehead atoms. The molecular weight excluding hydrogens is 146 g/mol. The van der Waals surface area contributed by atoms with Crippen molar-refractivity contribution in [3.63, 3.8) is 0 Å². The lowest BCUT2D eigenvalue weighted by atomic mass is 9.62. The van der Waals surface area contributed by atoms with E-state index in [2.05, 4.69) is 5.32 Å². The summed E-state index contributed by atoms with van der Waals surface area (Å²) in [5, 5.41) is 20.8. The van der Waals surface area contributed by atoms with Crippen LogP contribution in [0, 0.1) is 5.41 Å². The van der Waals surface area contributed by atoms with Gasteiger partial charge in [0.1, 0.15) is 0 Å². The monoisotopic (exact) mass is 157 g/mol. The van der Waals surface area contributed by atoms with Gasteiger partial charge in [-0.25, -0.2) is 0 Å². The first-order chi connectivity index (χ1) is 5.13. The third-order valence-electron chi connectivity index (χ3n) is 2.91. The molecule has 3 fully saturated rings. The van der Waals surface area contributed by atoms with Crippen LogP contribution >= 0.6 is 0 Å². The second kappa shape index (κ2) is 1.76. The van der Waals surface area contributed by atoms with Crippen LogP contribution in [-0.2, 0) is 4.79 Å². The number of rotatable bonds is 2. The normalized spacial score (nSPS) is 47.0. The number of nitrogens with one attached hydrogen (secondary N) is 1. The van der Waals surface area contributed by atoms with Crippen LogP contribution in [0.15, 0.2) is 0 Å². The Bertz CT molecular complexity index is 208. The second-order valence-electron chi connectivity index (χ2n) is 3.73. The van der Waals surface area contributed by atoms with Crippen molar-refractivity contribution in [2.75, 3.05) is 13.2 Å². The first-order valence-electron chi connectivity index (χ1n) is 3.72. The standard InChI is InChI=1S/C7H11NO3/c9-4-7-1-6(2-7,3-8-7)5(10)11/h8-9H,1-4H2,(H,10,11). The van der Waals surface area contributed by atoms with E-state index in [0.29, 0.717) is 19.4 Å². The van der Waals surface area contributed by atoms with Gasteiger partial charge in [0.05, 0.1) is 12.0 Å². The van der Waals surface area contributed by atoms with Gasteiger partial charge in [-0.3, -0.25) is 4.79 Å². The van der Waals surface area contributed by atoms with Crippen LogP contribution in [0.25, 0.3) is 0 Å². The van der Waals surface area contributed by atoms with Gasteiger partial charge in [0.25, 0.3) is 0 Å². The lowest BCUT2D eigenvalue weighted by molar-refractivity contribution is -0.153. The molecule has 0 radical (unpaired) electrons. The smallest absolute Gasteiger partial charge is 0.311 e. The SMILES string of the molecule is O=C(O)C12CNC(CO)(C1)C2. The van der Waals surface area contributed by atoms with Crippen LogP contribution in [0.4, 0.5) is 0 Å². The van der Waals surface area contributed by atoms with Gasteiger partial charge in [-0.2, -0.15) is 0 Å². The largest absolute Gasteiger partial charge is 0.481 e. The van der Waals surface area contributed by atoms with E-state index in [1.807, 2.05) is 0 Å². The quantitative estimate of drug-likeness (QED) is 0.490. The molecule has 0 aromatic heterocycles. The van der Waals surface area contributed by atoms with Gasteiger partial charge >= 0.3 is 5.97 Å². The average molecular weight is 157 g/mol. The van der Waals surface area contributed by atoms with Gasteiger partial charge in [0.15, 0.2) is 0 Å². The van der Waals surface area contributed by atoms with Gasteiger partial charge in [0.2, 0.25) is 0 Å². The zero-order valence-electron chi connectivity index (χ0n) is 6.13. The number of hydrogen-bond acceptors (Lipinski definition) is 3. The third-order valence-corrected chi connectivity index (χ3v) is 2.91. The molecule has 0 spiro atoms. The van der Waals surface area contributed by atoms with E-state index in [4.69, 9.17) is 10.2 Å². The summed E-state index contributed by atoms with van der Waals surface area (Å²) in [6.45, 7) is 0.574. The van der Waals surface area contributed by atoms with E-state index in [9.17, 15) is 4.79 Å². The van der Waals surface area contributed by atoms with E-state index < -0.39 is 11.4 Å². The van der Waals surface area contributed by atoms with Crippen LogP contribution in [0.5, 0.6) is 0 Å².